The van der Waals surface area contributed by atoms with Gasteiger partial charge in [-0.3, -0.25) is 0 Å². The Balaban J connectivity index is 1.80. The molecule has 1 saturated heterocycles. The second kappa shape index (κ2) is 7.88. The number of carbonyl (C=O) groups is 1. The quantitative estimate of drug-likeness (QED) is 0.747. The highest BCUT2D eigenvalue weighted by Gasteiger charge is 2.28. The number of rotatable bonds is 5. The summed E-state index contributed by atoms with van der Waals surface area (Å²) in [5.41, 5.74) is 0. The summed E-state index contributed by atoms with van der Waals surface area (Å²) < 4.78 is 6.25. The van der Waals surface area contributed by atoms with Crippen LogP contribution in [0.1, 0.15) is 26.2 Å². The Labute approximate surface area is 132 Å². The summed E-state index contributed by atoms with van der Waals surface area (Å²) in [4.78, 5) is 18.0. The van der Waals surface area contributed by atoms with E-state index in [1.807, 2.05) is 12.1 Å². The number of hydrogen-bond acceptors (Lipinski definition) is 4. The Morgan fingerprint density at radius 3 is 3.25 bits per heavy atom. The van der Waals surface area contributed by atoms with Crippen molar-refractivity contribution in [1.82, 2.24) is 9.88 Å². The van der Waals surface area contributed by atoms with Crippen LogP contribution in [-0.2, 0) is 4.74 Å². The highest BCUT2D eigenvalue weighted by molar-refractivity contribution is 9.10. The molecule has 110 valence electrons. The highest BCUT2D eigenvalue weighted by atomic mass is 79.9. The predicted octanol–water partition coefficient (Wildman–Crippen LogP) is 3.95. The summed E-state index contributed by atoms with van der Waals surface area (Å²) in [6.07, 6.45) is 4.56. The van der Waals surface area contributed by atoms with Gasteiger partial charge in [0.2, 0.25) is 0 Å². The van der Waals surface area contributed by atoms with Gasteiger partial charge in [-0.05, 0) is 40.9 Å². The molecule has 4 nitrogen and oxygen atoms in total. The number of nitrogens with zero attached hydrogens (tertiary/aromatic N) is 2. The van der Waals surface area contributed by atoms with Gasteiger partial charge in [-0.1, -0.05) is 25.1 Å². The van der Waals surface area contributed by atoms with Gasteiger partial charge in [0, 0.05) is 29.0 Å². The van der Waals surface area contributed by atoms with Crippen LogP contribution in [0, 0.1) is 0 Å². The summed E-state index contributed by atoms with van der Waals surface area (Å²) in [5, 5.41) is 1.37. The molecule has 0 N–H and O–H groups in total. The van der Waals surface area contributed by atoms with Gasteiger partial charge in [0.1, 0.15) is 5.03 Å². The summed E-state index contributed by atoms with van der Waals surface area (Å²) in [7, 11) is 0. The smallest absolute Gasteiger partial charge is 0.409 e. The van der Waals surface area contributed by atoms with Gasteiger partial charge in [-0.25, -0.2) is 9.78 Å². The monoisotopic (exact) mass is 358 g/mol. The molecule has 1 aliphatic heterocycles. The van der Waals surface area contributed by atoms with Crippen LogP contribution in [0.15, 0.2) is 27.8 Å². The Morgan fingerprint density at radius 2 is 2.50 bits per heavy atom. The van der Waals surface area contributed by atoms with Crippen molar-refractivity contribution in [3.8, 4) is 0 Å². The minimum absolute atomic E-state index is 0.179. The summed E-state index contributed by atoms with van der Waals surface area (Å²) in [6, 6.07) is 3.89. The van der Waals surface area contributed by atoms with Crippen LogP contribution in [0.5, 0.6) is 0 Å². The van der Waals surface area contributed by atoms with Crippen LogP contribution in [0.2, 0.25) is 0 Å². The van der Waals surface area contributed by atoms with Crippen molar-refractivity contribution < 1.29 is 9.53 Å². The average Bonchev–Trinajstić information content (AvgIpc) is 2.90. The molecule has 6 heteroatoms. The van der Waals surface area contributed by atoms with Gasteiger partial charge in [-0.2, -0.15) is 0 Å². The third-order valence-corrected chi connectivity index (χ3v) is 5.30. The number of halogens is 1. The molecule has 1 fully saturated rings. The first-order valence-corrected chi connectivity index (χ1v) is 8.57. The van der Waals surface area contributed by atoms with E-state index in [0.717, 1.165) is 41.9 Å². The topological polar surface area (TPSA) is 42.4 Å². The first kappa shape index (κ1) is 15.6. The number of aromatic nitrogens is 1. The lowest BCUT2D eigenvalue weighted by Crippen LogP contribution is -2.30. The van der Waals surface area contributed by atoms with Gasteiger partial charge >= 0.3 is 6.09 Å². The molecule has 0 bridgehead atoms. The van der Waals surface area contributed by atoms with Gasteiger partial charge < -0.3 is 9.64 Å². The molecule has 0 saturated carbocycles. The van der Waals surface area contributed by atoms with E-state index >= 15 is 0 Å². The zero-order valence-electron chi connectivity index (χ0n) is 11.5. The number of thioether (sulfide) groups is 1. The van der Waals surface area contributed by atoms with E-state index in [4.69, 9.17) is 4.74 Å². The Kier molecular flexibility index (Phi) is 6.16. The lowest BCUT2D eigenvalue weighted by molar-refractivity contribution is 0.109. The molecule has 20 heavy (non-hydrogen) atoms. The van der Waals surface area contributed by atoms with Crippen LogP contribution < -0.4 is 0 Å². The molecule has 1 amide bonds. The molecule has 1 aliphatic rings. The minimum atomic E-state index is -0.179. The van der Waals surface area contributed by atoms with E-state index in [1.165, 1.54) is 0 Å². The average molecular weight is 359 g/mol. The first-order valence-electron chi connectivity index (χ1n) is 6.89. The van der Waals surface area contributed by atoms with Crippen molar-refractivity contribution in [2.45, 2.75) is 36.5 Å². The molecular weight excluding hydrogens is 340 g/mol. The van der Waals surface area contributed by atoms with Crippen molar-refractivity contribution >= 4 is 33.8 Å². The second-order valence-electron chi connectivity index (χ2n) is 4.73. The third-order valence-electron chi connectivity index (χ3n) is 3.13. The predicted molar refractivity (Wildman–Crippen MR) is 84.0 cm³/mol. The van der Waals surface area contributed by atoms with Crippen molar-refractivity contribution in [1.29, 1.82) is 0 Å². The Bertz CT molecular complexity index is 459. The van der Waals surface area contributed by atoms with Gasteiger partial charge in [0.05, 0.1) is 6.61 Å². The van der Waals surface area contributed by atoms with Crippen molar-refractivity contribution in [3.05, 3.63) is 22.8 Å². The molecule has 1 atom stereocenters. The maximum absolute atomic E-state index is 11.9. The molecule has 0 radical (unpaired) electrons. The standard InChI is InChI=1S/C14H19BrN2O2S/c1-2-3-9-19-14(18)17-8-6-11(10-17)20-13-12(15)5-4-7-16-13/h4-5,7,11H,2-3,6,8-10H2,1H3. The van der Waals surface area contributed by atoms with Crippen LogP contribution in [0.25, 0.3) is 0 Å². The van der Waals surface area contributed by atoms with Crippen LogP contribution in [0.4, 0.5) is 4.79 Å². The van der Waals surface area contributed by atoms with Crippen LogP contribution in [-0.4, -0.2) is 40.9 Å². The number of unbranched alkanes of at least 4 members (excludes halogenated alkanes) is 1. The molecule has 1 aromatic heterocycles. The lowest BCUT2D eigenvalue weighted by Gasteiger charge is -2.16. The Morgan fingerprint density at radius 1 is 1.65 bits per heavy atom. The molecule has 1 aromatic rings. The van der Waals surface area contributed by atoms with Crippen molar-refractivity contribution in [3.63, 3.8) is 0 Å². The van der Waals surface area contributed by atoms with Gasteiger partial charge in [-0.15, -0.1) is 0 Å². The fourth-order valence-electron chi connectivity index (χ4n) is 2.00. The van der Waals surface area contributed by atoms with E-state index in [9.17, 15) is 4.79 Å². The summed E-state index contributed by atoms with van der Waals surface area (Å²) in [6.45, 7) is 4.11. The SMILES string of the molecule is CCCCOC(=O)N1CCC(Sc2ncccc2Br)C1. The van der Waals surface area contributed by atoms with E-state index in [-0.39, 0.29) is 6.09 Å². The van der Waals surface area contributed by atoms with E-state index in [1.54, 1.807) is 22.9 Å². The first-order chi connectivity index (χ1) is 9.70. The van der Waals surface area contributed by atoms with E-state index in [0.29, 0.717) is 11.9 Å². The fraction of sp³-hybridized carbons (Fsp3) is 0.571. The zero-order chi connectivity index (χ0) is 14.4. The Hall–Kier alpha value is -0.750. The fourth-order valence-corrected chi connectivity index (χ4v) is 3.63. The number of likely N-dealkylation sites (tertiary alicyclic amines) is 1. The second-order valence-corrected chi connectivity index (χ2v) is 6.88. The minimum Gasteiger partial charge on any atom is -0.449 e. The van der Waals surface area contributed by atoms with Gasteiger partial charge in [0.15, 0.2) is 0 Å². The molecule has 1 unspecified atom stereocenters. The maximum atomic E-state index is 11.9. The number of hydrogen-bond donors (Lipinski definition) is 0. The van der Waals surface area contributed by atoms with Crippen LogP contribution >= 0.6 is 27.7 Å². The molecular formula is C14H19BrN2O2S. The van der Waals surface area contributed by atoms with Gasteiger partial charge in [0.25, 0.3) is 0 Å². The normalized spacial score (nSPS) is 18.3. The van der Waals surface area contributed by atoms with Crippen molar-refractivity contribution in [2.24, 2.45) is 0 Å². The third kappa shape index (κ3) is 4.38. The highest BCUT2D eigenvalue weighted by Crippen LogP contribution is 2.32. The molecule has 0 spiro atoms. The molecule has 2 rings (SSSR count). The summed E-state index contributed by atoms with van der Waals surface area (Å²) >= 11 is 5.22. The van der Waals surface area contributed by atoms with E-state index in [2.05, 4.69) is 27.8 Å². The number of amides is 1. The van der Waals surface area contributed by atoms with Crippen LogP contribution in [0.3, 0.4) is 0 Å². The number of pyridine rings is 1. The van der Waals surface area contributed by atoms with Crippen molar-refractivity contribution in [2.75, 3.05) is 19.7 Å². The molecule has 0 aliphatic carbocycles. The zero-order valence-corrected chi connectivity index (χ0v) is 14.0. The lowest BCUT2D eigenvalue weighted by atomic mass is 10.4. The molecule has 2 heterocycles. The van der Waals surface area contributed by atoms with E-state index < -0.39 is 0 Å². The number of carbonyl (C=O) groups excluding carboxylic acids is 1. The maximum Gasteiger partial charge on any atom is 0.409 e. The largest absolute Gasteiger partial charge is 0.449 e. The number of ether oxygens (including phenoxy) is 1. The summed E-state index contributed by atoms with van der Waals surface area (Å²) in [5.74, 6) is 0. The molecule has 0 aromatic carbocycles.